The molecule has 0 fully saturated rings. The van der Waals surface area contributed by atoms with Crippen molar-refractivity contribution in [3.05, 3.63) is 0 Å². The van der Waals surface area contributed by atoms with Crippen molar-refractivity contribution in [2.45, 2.75) is 96.9 Å². The third-order valence-electron chi connectivity index (χ3n) is 4.83. The highest BCUT2D eigenvalue weighted by molar-refractivity contribution is 5.84. The predicted molar refractivity (Wildman–Crippen MR) is 110 cm³/mol. The van der Waals surface area contributed by atoms with Gasteiger partial charge in [-0.1, -0.05) is 65.2 Å². The lowest BCUT2D eigenvalue weighted by atomic mass is 9.96. The van der Waals surface area contributed by atoms with Gasteiger partial charge in [0.25, 0.3) is 0 Å². The molecule has 7 nitrogen and oxygen atoms in total. The fourth-order valence-corrected chi connectivity index (χ4v) is 3.10. The zero-order valence-electron chi connectivity index (χ0n) is 17.2. The molecule has 0 radical (unpaired) electrons. The van der Waals surface area contributed by atoms with E-state index < -0.39 is 12.0 Å². The summed E-state index contributed by atoms with van der Waals surface area (Å²) in [5.74, 6) is -1.31. The number of aliphatic carboxylic acids is 1. The van der Waals surface area contributed by atoms with E-state index in [1.54, 1.807) is 0 Å². The zero-order chi connectivity index (χ0) is 20.5. The van der Waals surface area contributed by atoms with E-state index >= 15 is 0 Å². The van der Waals surface area contributed by atoms with Gasteiger partial charge in [0.05, 0.1) is 0 Å². The number of unbranched alkanes of at least 4 members (excludes halogenated alkanes) is 7. The number of rotatable bonds is 17. The second-order valence-electron chi connectivity index (χ2n) is 7.22. The average molecular weight is 385 g/mol. The first kappa shape index (κ1) is 25.2. The third kappa shape index (κ3) is 14.0. The molecule has 0 bridgehead atoms. The molecule has 27 heavy (non-hydrogen) atoms. The minimum atomic E-state index is -1.02. The van der Waals surface area contributed by atoms with E-state index in [9.17, 15) is 14.7 Å². The van der Waals surface area contributed by atoms with Crippen LogP contribution in [0.1, 0.15) is 90.9 Å². The zero-order valence-corrected chi connectivity index (χ0v) is 17.2. The van der Waals surface area contributed by atoms with Crippen molar-refractivity contribution in [2.24, 2.45) is 22.4 Å². The predicted octanol–water partition coefficient (Wildman–Crippen LogP) is 3.17. The molecule has 0 aromatic carbocycles. The standard InChI is InChI=1S/C20H40N4O3/c1-3-5-6-7-8-9-10-11-13-16(4-2)18(25)24-17(19(26)27)14-12-15-23-20(21)22/h16-17H,3-15H2,1-2H3,(H,24,25)(H,26,27)(H4,21,22,23). The van der Waals surface area contributed by atoms with Gasteiger partial charge in [0.2, 0.25) is 5.91 Å². The first-order valence-corrected chi connectivity index (χ1v) is 10.5. The molecule has 0 aliphatic carbocycles. The molecular formula is C20H40N4O3. The monoisotopic (exact) mass is 384 g/mol. The fourth-order valence-electron chi connectivity index (χ4n) is 3.10. The number of amides is 1. The van der Waals surface area contributed by atoms with Crippen LogP contribution in [0.15, 0.2) is 4.99 Å². The highest BCUT2D eigenvalue weighted by Crippen LogP contribution is 2.16. The van der Waals surface area contributed by atoms with Crippen LogP contribution < -0.4 is 16.8 Å². The highest BCUT2D eigenvalue weighted by atomic mass is 16.4. The summed E-state index contributed by atoms with van der Waals surface area (Å²) >= 11 is 0. The molecular weight excluding hydrogens is 344 g/mol. The van der Waals surface area contributed by atoms with Crippen LogP contribution in [0.4, 0.5) is 0 Å². The number of nitrogens with two attached hydrogens (primary N) is 2. The summed E-state index contributed by atoms with van der Waals surface area (Å²) in [7, 11) is 0. The van der Waals surface area contributed by atoms with E-state index in [0.29, 0.717) is 19.4 Å². The molecule has 0 aliphatic rings. The van der Waals surface area contributed by atoms with E-state index in [0.717, 1.165) is 25.7 Å². The summed E-state index contributed by atoms with van der Waals surface area (Å²) in [6.45, 7) is 4.55. The summed E-state index contributed by atoms with van der Waals surface area (Å²) in [4.78, 5) is 27.6. The Morgan fingerprint density at radius 1 is 0.926 bits per heavy atom. The molecule has 0 rings (SSSR count). The van der Waals surface area contributed by atoms with E-state index in [1.165, 1.54) is 38.5 Å². The molecule has 7 heteroatoms. The number of carboxylic acid groups (broad SMARTS) is 1. The van der Waals surface area contributed by atoms with Gasteiger partial charge in [-0.3, -0.25) is 9.79 Å². The Labute approximate surface area is 164 Å². The van der Waals surface area contributed by atoms with Crippen LogP contribution in [0, 0.1) is 5.92 Å². The van der Waals surface area contributed by atoms with Crippen molar-refractivity contribution in [3.8, 4) is 0 Å². The number of carboxylic acids is 1. The van der Waals surface area contributed by atoms with Crippen molar-refractivity contribution in [1.29, 1.82) is 0 Å². The number of guanidine groups is 1. The number of nitrogens with one attached hydrogen (secondary N) is 1. The van der Waals surface area contributed by atoms with Gasteiger partial charge in [0.15, 0.2) is 5.96 Å². The van der Waals surface area contributed by atoms with E-state index in [2.05, 4.69) is 17.2 Å². The Balaban J connectivity index is 4.15. The van der Waals surface area contributed by atoms with Gasteiger partial charge in [-0.25, -0.2) is 4.79 Å². The molecule has 2 unspecified atom stereocenters. The van der Waals surface area contributed by atoms with Gasteiger partial charge in [0, 0.05) is 12.5 Å². The van der Waals surface area contributed by atoms with Crippen LogP contribution in [0.5, 0.6) is 0 Å². The molecule has 0 aromatic heterocycles. The summed E-state index contributed by atoms with van der Waals surface area (Å²) < 4.78 is 0. The smallest absolute Gasteiger partial charge is 0.326 e. The average Bonchev–Trinajstić information content (AvgIpc) is 2.62. The van der Waals surface area contributed by atoms with Crippen molar-refractivity contribution < 1.29 is 14.7 Å². The molecule has 0 saturated carbocycles. The van der Waals surface area contributed by atoms with Gasteiger partial charge in [-0.05, 0) is 25.7 Å². The van der Waals surface area contributed by atoms with E-state index in [4.69, 9.17) is 11.5 Å². The van der Waals surface area contributed by atoms with E-state index in [-0.39, 0.29) is 17.8 Å². The second-order valence-corrected chi connectivity index (χ2v) is 7.22. The topological polar surface area (TPSA) is 131 Å². The van der Waals surface area contributed by atoms with Gasteiger partial charge >= 0.3 is 5.97 Å². The van der Waals surface area contributed by atoms with Gasteiger partial charge in [0.1, 0.15) is 6.04 Å². The SMILES string of the molecule is CCCCCCCCCCC(CC)C(=O)NC(CCCN=C(N)N)C(=O)O. The van der Waals surface area contributed by atoms with E-state index in [1.807, 2.05) is 6.92 Å². The van der Waals surface area contributed by atoms with Crippen LogP contribution in [-0.4, -0.2) is 35.5 Å². The molecule has 6 N–H and O–H groups in total. The van der Waals surface area contributed by atoms with Crippen molar-refractivity contribution in [1.82, 2.24) is 5.32 Å². The maximum atomic E-state index is 12.4. The fraction of sp³-hybridized carbons (Fsp3) is 0.850. The summed E-state index contributed by atoms with van der Waals surface area (Å²) in [5, 5.41) is 12.0. The van der Waals surface area contributed by atoms with Crippen LogP contribution in [0.3, 0.4) is 0 Å². The summed E-state index contributed by atoms with van der Waals surface area (Å²) in [6.07, 6.45) is 12.2. The number of hydrogen-bond acceptors (Lipinski definition) is 3. The number of carbonyl (C=O) groups excluding carboxylic acids is 1. The quantitative estimate of drug-likeness (QED) is 0.174. The number of aliphatic imine (C=N–C) groups is 1. The Morgan fingerprint density at radius 2 is 1.52 bits per heavy atom. The Morgan fingerprint density at radius 3 is 2.04 bits per heavy atom. The molecule has 0 heterocycles. The molecule has 2 atom stereocenters. The van der Waals surface area contributed by atoms with Crippen molar-refractivity contribution in [3.63, 3.8) is 0 Å². The third-order valence-corrected chi connectivity index (χ3v) is 4.83. The molecule has 0 spiro atoms. The minimum absolute atomic E-state index is 0.0117. The maximum Gasteiger partial charge on any atom is 0.326 e. The summed E-state index contributed by atoms with van der Waals surface area (Å²) in [6, 6.07) is -0.890. The molecule has 1 amide bonds. The number of hydrogen-bond donors (Lipinski definition) is 4. The summed E-state index contributed by atoms with van der Waals surface area (Å²) in [5.41, 5.74) is 10.5. The van der Waals surface area contributed by atoms with Gasteiger partial charge in [-0.15, -0.1) is 0 Å². The first-order valence-electron chi connectivity index (χ1n) is 10.5. The van der Waals surface area contributed by atoms with Crippen LogP contribution in [0.25, 0.3) is 0 Å². The lowest BCUT2D eigenvalue weighted by Crippen LogP contribution is -2.43. The number of carbonyl (C=O) groups is 2. The van der Waals surface area contributed by atoms with Crippen LogP contribution in [-0.2, 0) is 9.59 Å². The second kappa shape index (κ2) is 16.4. The van der Waals surface area contributed by atoms with Crippen LogP contribution in [0.2, 0.25) is 0 Å². The number of nitrogens with zero attached hydrogens (tertiary/aromatic N) is 1. The maximum absolute atomic E-state index is 12.4. The Kier molecular flexibility index (Phi) is 15.3. The Bertz CT molecular complexity index is 437. The lowest BCUT2D eigenvalue weighted by Gasteiger charge is -2.19. The van der Waals surface area contributed by atoms with Gasteiger partial charge < -0.3 is 21.9 Å². The van der Waals surface area contributed by atoms with Crippen molar-refractivity contribution >= 4 is 17.8 Å². The van der Waals surface area contributed by atoms with Crippen molar-refractivity contribution in [2.75, 3.05) is 6.54 Å². The lowest BCUT2D eigenvalue weighted by molar-refractivity contribution is -0.142. The Hall–Kier alpha value is -1.79. The molecule has 0 aliphatic heterocycles. The molecule has 0 aromatic rings. The normalized spacial score (nSPS) is 13.0. The molecule has 0 saturated heterocycles. The van der Waals surface area contributed by atoms with Gasteiger partial charge in [-0.2, -0.15) is 0 Å². The first-order chi connectivity index (χ1) is 12.9. The van der Waals surface area contributed by atoms with Crippen LogP contribution >= 0.6 is 0 Å². The largest absolute Gasteiger partial charge is 0.480 e. The minimum Gasteiger partial charge on any atom is -0.480 e. The highest BCUT2D eigenvalue weighted by Gasteiger charge is 2.23. The molecule has 158 valence electrons.